The minimum Gasteiger partial charge on any atom is -0.395 e. The molecule has 41 heavy (non-hydrogen) atoms. The number of β-amino-alcohol motifs (C(OH)–C–C–N with tert-alkyl or cyclic N) is 1. The summed E-state index contributed by atoms with van der Waals surface area (Å²) in [7, 11) is 0. The topological polar surface area (TPSA) is 113 Å². The summed E-state index contributed by atoms with van der Waals surface area (Å²) in [4.78, 5) is 30.3. The third-order valence-corrected chi connectivity index (χ3v) is 7.49. The molecule has 1 aliphatic rings. The molecule has 1 heterocycles. The molecule has 4 atom stereocenters. The summed E-state index contributed by atoms with van der Waals surface area (Å²) in [6.07, 6.45) is 0.260. The number of benzene rings is 2. The number of hydrogen-bond donors (Lipinski definition) is 4. The third kappa shape index (κ3) is 9.03. The van der Waals surface area contributed by atoms with Gasteiger partial charge < -0.3 is 25.5 Å². The van der Waals surface area contributed by atoms with E-state index < -0.39 is 35.8 Å². The molecule has 226 valence electrons. The van der Waals surface area contributed by atoms with Gasteiger partial charge in [0.05, 0.1) is 18.8 Å². The van der Waals surface area contributed by atoms with Gasteiger partial charge in [-0.15, -0.1) is 0 Å². The highest BCUT2D eigenvalue weighted by molar-refractivity contribution is 6.00. The number of nitrogens with one attached hydrogen (secondary N) is 1. The molecule has 0 bridgehead atoms. The van der Waals surface area contributed by atoms with Crippen LogP contribution in [0, 0.1) is 18.6 Å². The normalized spacial score (nSPS) is 17.7. The maximum atomic E-state index is 14.0. The van der Waals surface area contributed by atoms with E-state index in [2.05, 4.69) is 5.32 Å². The van der Waals surface area contributed by atoms with E-state index in [1.807, 2.05) is 18.7 Å². The number of nitrogens with zero attached hydrogens (tertiary/aromatic N) is 2. The van der Waals surface area contributed by atoms with Gasteiger partial charge in [-0.1, -0.05) is 13.8 Å². The van der Waals surface area contributed by atoms with Crippen LogP contribution in [0.15, 0.2) is 36.4 Å². The smallest absolute Gasteiger partial charge is 0.253 e. The fourth-order valence-electron chi connectivity index (χ4n) is 5.53. The Morgan fingerprint density at radius 2 is 1.66 bits per heavy atom. The van der Waals surface area contributed by atoms with Crippen molar-refractivity contribution in [1.29, 1.82) is 0 Å². The molecule has 0 radical (unpaired) electrons. The molecule has 0 unspecified atom stereocenters. The first-order valence-electron chi connectivity index (χ1n) is 14.4. The monoisotopic (exact) mass is 575 g/mol. The summed E-state index contributed by atoms with van der Waals surface area (Å²) in [5, 5.41) is 34.5. The SMILES string of the molecule is CCCN(CCC)C(=O)c1cc(C)cc(C(=O)N[C@@H](Cc2cc(F)cc(F)c2)[C@H](O)[C@H](O)CN2CCC[C@@H]2CO)c1. The molecule has 2 amide bonds. The average Bonchev–Trinajstić information content (AvgIpc) is 3.37. The van der Waals surface area contributed by atoms with Crippen molar-refractivity contribution >= 4 is 11.8 Å². The molecule has 0 saturated carbocycles. The van der Waals surface area contributed by atoms with E-state index in [0.29, 0.717) is 30.8 Å². The first kappa shape index (κ1) is 32.6. The van der Waals surface area contributed by atoms with Gasteiger partial charge in [-0.25, -0.2) is 8.78 Å². The second kappa shape index (κ2) is 15.3. The lowest BCUT2D eigenvalue weighted by molar-refractivity contribution is -0.0253. The Bertz CT molecular complexity index is 1150. The Kier molecular flexibility index (Phi) is 12.2. The lowest BCUT2D eigenvalue weighted by Crippen LogP contribution is -2.53. The van der Waals surface area contributed by atoms with Crippen molar-refractivity contribution in [3.05, 3.63) is 70.3 Å². The van der Waals surface area contributed by atoms with Crippen LogP contribution in [0.25, 0.3) is 0 Å². The zero-order valence-corrected chi connectivity index (χ0v) is 24.2. The number of aliphatic hydroxyl groups excluding tert-OH is 3. The highest BCUT2D eigenvalue weighted by Gasteiger charge is 2.33. The van der Waals surface area contributed by atoms with Crippen LogP contribution in [-0.2, 0) is 6.42 Å². The summed E-state index contributed by atoms with van der Waals surface area (Å²) in [6, 6.07) is 6.56. The average molecular weight is 576 g/mol. The minimum atomic E-state index is -1.49. The molecule has 2 aromatic rings. The number of amides is 2. The Balaban J connectivity index is 1.86. The van der Waals surface area contributed by atoms with Gasteiger partial charge in [-0.3, -0.25) is 14.5 Å². The van der Waals surface area contributed by atoms with Gasteiger partial charge in [-0.05, 0) is 87.0 Å². The molecule has 0 spiro atoms. The van der Waals surface area contributed by atoms with E-state index in [-0.39, 0.29) is 42.6 Å². The van der Waals surface area contributed by atoms with Crippen molar-refractivity contribution in [2.45, 2.75) is 77.2 Å². The summed E-state index contributed by atoms with van der Waals surface area (Å²) < 4.78 is 27.9. The lowest BCUT2D eigenvalue weighted by atomic mass is 9.96. The van der Waals surface area contributed by atoms with E-state index in [0.717, 1.165) is 43.9 Å². The third-order valence-electron chi connectivity index (χ3n) is 7.49. The predicted octanol–water partition coefficient (Wildman–Crippen LogP) is 3.06. The molecule has 10 heteroatoms. The number of carbonyl (C=O) groups excluding carboxylic acids is 2. The summed E-state index contributed by atoms with van der Waals surface area (Å²) in [6.45, 7) is 7.56. The highest BCUT2D eigenvalue weighted by Crippen LogP contribution is 2.20. The molecule has 8 nitrogen and oxygen atoms in total. The van der Waals surface area contributed by atoms with Crippen LogP contribution in [0.1, 0.15) is 71.4 Å². The van der Waals surface area contributed by atoms with Gasteiger partial charge in [0.1, 0.15) is 17.7 Å². The Labute approximate surface area is 241 Å². The number of aliphatic hydroxyl groups is 3. The van der Waals surface area contributed by atoms with Crippen LogP contribution >= 0.6 is 0 Å². The second-order valence-electron chi connectivity index (χ2n) is 11.0. The molecule has 0 aliphatic carbocycles. The number of halogens is 2. The number of aryl methyl sites for hydroxylation is 1. The minimum absolute atomic E-state index is 0.0596. The van der Waals surface area contributed by atoms with E-state index in [4.69, 9.17) is 0 Å². The van der Waals surface area contributed by atoms with E-state index in [9.17, 15) is 33.7 Å². The van der Waals surface area contributed by atoms with Gasteiger partial charge in [0.15, 0.2) is 0 Å². The second-order valence-corrected chi connectivity index (χ2v) is 11.0. The Morgan fingerprint density at radius 3 is 2.27 bits per heavy atom. The quantitative estimate of drug-likeness (QED) is 0.276. The van der Waals surface area contributed by atoms with E-state index in [1.165, 1.54) is 6.07 Å². The fourth-order valence-corrected chi connectivity index (χ4v) is 5.53. The number of rotatable bonds is 14. The summed E-state index contributed by atoms with van der Waals surface area (Å²) in [5.41, 5.74) is 1.45. The number of carbonyl (C=O) groups is 2. The lowest BCUT2D eigenvalue weighted by Gasteiger charge is -2.32. The molecule has 1 fully saturated rings. The maximum Gasteiger partial charge on any atom is 0.253 e. The molecule has 0 aromatic heterocycles. The van der Waals surface area contributed by atoms with Crippen LogP contribution in [0.5, 0.6) is 0 Å². The van der Waals surface area contributed by atoms with Crippen LogP contribution in [0.2, 0.25) is 0 Å². The molecule has 3 rings (SSSR count). The molecular weight excluding hydrogens is 532 g/mol. The molecule has 4 N–H and O–H groups in total. The van der Waals surface area contributed by atoms with Crippen LogP contribution in [-0.4, -0.2) is 94.0 Å². The number of hydrogen-bond acceptors (Lipinski definition) is 6. The zero-order chi connectivity index (χ0) is 30.1. The summed E-state index contributed by atoms with van der Waals surface area (Å²) in [5.74, 6) is -2.37. The Hall–Kier alpha value is -2.92. The zero-order valence-electron chi connectivity index (χ0n) is 24.2. The fraction of sp³-hybridized carbons (Fsp3) is 0.548. The molecule has 2 aromatic carbocycles. The van der Waals surface area contributed by atoms with Gasteiger partial charge >= 0.3 is 0 Å². The van der Waals surface area contributed by atoms with Crippen molar-refractivity contribution in [2.24, 2.45) is 0 Å². The van der Waals surface area contributed by atoms with Crippen molar-refractivity contribution < 1.29 is 33.7 Å². The highest BCUT2D eigenvalue weighted by atomic mass is 19.1. The van der Waals surface area contributed by atoms with E-state index >= 15 is 0 Å². The summed E-state index contributed by atoms with van der Waals surface area (Å²) >= 11 is 0. The van der Waals surface area contributed by atoms with Gasteiger partial charge in [0.2, 0.25) is 0 Å². The predicted molar refractivity (Wildman–Crippen MR) is 153 cm³/mol. The van der Waals surface area contributed by atoms with Crippen LogP contribution < -0.4 is 5.32 Å². The van der Waals surface area contributed by atoms with Crippen LogP contribution in [0.3, 0.4) is 0 Å². The van der Waals surface area contributed by atoms with Crippen molar-refractivity contribution in [3.8, 4) is 0 Å². The van der Waals surface area contributed by atoms with Crippen molar-refractivity contribution in [1.82, 2.24) is 15.1 Å². The van der Waals surface area contributed by atoms with Crippen molar-refractivity contribution in [2.75, 3.05) is 32.8 Å². The Morgan fingerprint density at radius 1 is 1.02 bits per heavy atom. The maximum absolute atomic E-state index is 14.0. The number of likely N-dealkylation sites (tertiary alicyclic amines) is 1. The molecule has 1 saturated heterocycles. The standard InChI is InChI=1S/C31H43F2N3O5/c1-4-8-35(9-5-2)31(41)23-12-20(3)11-22(16-23)30(40)34-27(15-21-13-24(32)17-25(33)14-21)29(39)28(38)18-36-10-6-7-26(36)19-37/h11-14,16-17,26-29,37-39H,4-10,15,18-19H2,1-3H3,(H,34,40)/t26-,27+,28-,29+/m1/s1. The van der Waals surface area contributed by atoms with Gasteiger partial charge in [0.25, 0.3) is 11.8 Å². The molecule has 1 aliphatic heterocycles. The first-order chi connectivity index (χ1) is 19.6. The first-order valence-corrected chi connectivity index (χ1v) is 14.4. The van der Waals surface area contributed by atoms with Crippen LogP contribution in [0.4, 0.5) is 8.78 Å². The van der Waals surface area contributed by atoms with Gasteiger partial charge in [0, 0.05) is 42.9 Å². The van der Waals surface area contributed by atoms with E-state index in [1.54, 1.807) is 24.0 Å². The molecular formula is C31H43F2N3O5. The van der Waals surface area contributed by atoms with Crippen molar-refractivity contribution in [3.63, 3.8) is 0 Å². The largest absolute Gasteiger partial charge is 0.395 e. The van der Waals surface area contributed by atoms with Gasteiger partial charge in [-0.2, -0.15) is 0 Å².